The van der Waals surface area contributed by atoms with Crippen molar-refractivity contribution in [3.8, 4) is 5.75 Å². The van der Waals surface area contributed by atoms with Gasteiger partial charge in [0.05, 0.1) is 26.9 Å². The molecular weight excluding hydrogens is 292 g/mol. The smallest absolute Gasteiger partial charge is 0.294 e. The maximum atomic E-state index is 5.82. The molecule has 2 aromatic rings. The number of aromatic nitrogens is 2. The van der Waals surface area contributed by atoms with Crippen LogP contribution >= 0.6 is 0 Å². The Labute approximate surface area is 135 Å². The Morgan fingerprint density at radius 3 is 2.91 bits per heavy atom. The van der Waals surface area contributed by atoms with E-state index in [2.05, 4.69) is 20.8 Å². The van der Waals surface area contributed by atoms with Crippen LogP contribution in [0.3, 0.4) is 0 Å². The Bertz CT molecular complexity index is 697. The van der Waals surface area contributed by atoms with Crippen LogP contribution in [0.4, 0.5) is 0 Å². The average Bonchev–Trinajstić information content (AvgIpc) is 3.18. The summed E-state index contributed by atoms with van der Waals surface area (Å²) in [5.41, 5.74) is 3.87. The average molecular weight is 313 g/mol. The quantitative estimate of drug-likeness (QED) is 0.474. The molecule has 120 valence electrons. The largest absolute Gasteiger partial charge is 0.481 e. The summed E-state index contributed by atoms with van der Waals surface area (Å²) >= 11 is 0. The molecule has 7 nitrogen and oxygen atoms in total. The van der Waals surface area contributed by atoms with E-state index in [0.29, 0.717) is 6.61 Å². The lowest BCUT2D eigenvalue weighted by Crippen LogP contribution is -2.32. The third-order valence-corrected chi connectivity index (χ3v) is 3.63. The highest BCUT2D eigenvalue weighted by atomic mass is 16.5. The normalized spacial score (nSPS) is 13.9. The van der Waals surface area contributed by atoms with Gasteiger partial charge in [-0.3, -0.25) is 0 Å². The van der Waals surface area contributed by atoms with Gasteiger partial charge in [-0.15, -0.1) is 0 Å². The second kappa shape index (κ2) is 6.95. The molecule has 0 atom stereocenters. The molecule has 1 aromatic carbocycles. The number of hydrogen-bond acceptors (Lipinski definition) is 5. The minimum absolute atomic E-state index is 0.528. The summed E-state index contributed by atoms with van der Waals surface area (Å²) in [6.07, 6.45) is 5.77. The van der Waals surface area contributed by atoms with E-state index in [1.807, 2.05) is 59.9 Å². The molecule has 2 N–H and O–H groups in total. The van der Waals surface area contributed by atoms with E-state index in [1.165, 1.54) is 0 Å². The highest BCUT2D eigenvalue weighted by molar-refractivity contribution is 5.84. The SMILES string of the molecule is Cn1cc[n+](C)c1COc1ccc(/C=N/NC2=NCCN2)cc1. The second-order valence-corrected chi connectivity index (χ2v) is 5.32. The van der Waals surface area contributed by atoms with Gasteiger partial charge in [0.1, 0.15) is 18.1 Å². The Balaban J connectivity index is 1.53. The molecule has 1 aromatic heterocycles. The van der Waals surface area contributed by atoms with Crippen molar-refractivity contribution < 1.29 is 9.30 Å². The number of benzene rings is 1. The van der Waals surface area contributed by atoms with Gasteiger partial charge in [-0.1, -0.05) is 0 Å². The van der Waals surface area contributed by atoms with Crippen molar-refractivity contribution in [2.75, 3.05) is 13.1 Å². The summed E-state index contributed by atoms with van der Waals surface area (Å²) < 4.78 is 9.92. The summed E-state index contributed by atoms with van der Waals surface area (Å²) in [6.45, 7) is 2.19. The van der Waals surface area contributed by atoms with E-state index in [1.54, 1.807) is 6.21 Å². The van der Waals surface area contributed by atoms with Crippen LogP contribution in [-0.4, -0.2) is 29.8 Å². The molecule has 1 aliphatic heterocycles. The molecule has 0 radical (unpaired) electrons. The zero-order chi connectivity index (χ0) is 16.1. The van der Waals surface area contributed by atoms with Gasteiger partial charge in [-0.05, 0) is 29.8 Å². The van der Waals surface area contributed by atoms with E-state index in [0.717, 1.165) is 36.2 Å². The van der Waals surface area contributed by atoms with E-state index in [-0.39, 0.29) is 0 Å². The second-order valence-electron chi connectivity index (χ2n) is 5.32. The molecule has 0 aliphatic carbocycles. The summed E-state index contributed by atoms with van der Waals surface area (Å²) in [5, 5.41) is 7.24. The number of nitrogens with zero attached hydrogens (tertiary/aromatic N) is 4. The van der Waals surface area contributed by atoms with E-state index < -0.39 is 0 Å². The molecular formula is C16H21N6O+. The van der Waals surface area contributed by atoms with Crippen molar-refractivity contribution >= 4 is 12.2 Å². The van der Waals surface area contributed by atoms with Gasteiger partial charge in [0.2, 0.25) is 5.96 Å². The van der Waals surface area contributed by atoms with Crippen molar-refractivity contribution in [3.05, 3.63) is 48.0 Å². The zero-order valence-electron chi connectivity index (χ0n) is 13.4. The van der Waals surface area contributed by atoms with Crippen LogP contribution in [0.1, 0.15) is 11.4 Å². The predicted molar refractivity (Wildman–Crippen MR) is 88.4 cm³/mol. The third-order valence-electron chi connectivity index (χ3n) is 3.63. The zero-order valence-corrected chi connectivity index (χ0v) is 13.4. The van der Waals surface area contributed by atoms with Gasteiger partial charge < -0.3 is 10.1 Å². The number of imidazole rings is 1. The molecule has 7 heteroatoms. The van der Waals surface area contributed by atoms with Crippen LogP contribution in [0.2, 0.25) is 0 Å². The topological polar surface area (TPSA) is 66.8 Å². The number of aryl methyl sites for hydroxylation is 2. The molecule has 0 fully saturated rings. The molecule has 23 heavy (non-hydrogen) atoms. The number of ether oxygens (including phenoxy) is 1. The van der Waals surface area contributed by atoms with Crippen LogP contribution in [0.25, 0.3) is 0 Å². The highest BCUT2D eigenvalue weighted by Crippen LogP contribution is 2.12. The summed E-state index contributed by atoms with van der Waals surface area (Å²) in [5.74, 6) is 2.65. The first-order chi connectivity index (χ1) is 11.2. The molecule has 0 spiro atoms. The Morgan fingerprint density at radius 2 is 2.26 bits per heavy atom. The van der Waals surface area contributed by atoms with Crippen molar-refractivity contribution in [1.29, 1.82) is 0 Å². The van der Waals surface area contributed by atoms with Gasteiger partial charge in [0, 0.05) is 6.54 Å². The van der Waals surface area contributed by atoms with Gasteiger partial charge in [-0.2, -0.15) is 5.10 Å². The fraction of sp³-hybridized carbons (Fsp3) is 0.312. The standard InChI is InChI=1S/C16H21N6O/c1-21-9-10-22(2)15(21)12-23-14-5-3-13(4-6-14)11-19-20-16-17-7-8-18-16/h3-6,9-11H,7-8,12H2,1-2H3,(H2,17,18,20)/q+1/b19-11+. The molecule has 0 unspecified atom stereocenters. The number of hydrazone groups is 1. The fourth-order valence-electron chi connectivity index (χ4n) is 2.26. The van der Waals surface area contributed by atoms with Gasteiger partial charge in [-0.25, -0.2) is 19.6 Å². The predicted octanol–water partition coefficient (Wildman–Crippen LogP) is 0.311. The Morgan fingerprint density at radius 1 is 1.43 bits per heavy atom. The van der Waals surface area contributed by atoms with Crippen LogP contribution in [0.15, 0.2) is 46.8 Å². The Hall–Kier alpha value is -2.83. The summed E-state index contributed by atoms with van der Waals surface area (Å²) in [7, 11) is 4.02. The van der Waals surface area contributed by atoms with Gasteiger partial charge in [0.15, 0.2) is 6.61 Å². The number of guanidine groups is 1. The first kappa shape index (κ1) is 15.1. The highest BCUT2D eigenvalue weighted by Gasteiger charge is 2.11. The van der Waals surface area contributed by atoms with E-state index >= 15 is 0 Å². The molecule has 2 heterocycles. The van der Waals surface area contributed by atoms with Gasteiger partial charge >= 0.3 is 0 Å². The number of hydrogen-bond donors (Lipinski definition) is 2. The van der Waals surface area contributed by atoms with Crippen LogP contribution < -0.4 is 20.0 Å². The van der Waals surface area contributed by atoms with E-state index in [9.17, 15) is 0 Å². The summed E-state index contributed by atoms with van der Waals surface area (Å²) in [6, 6.07) is 7.82. The van der Waals surface area contributed by atoms with E-state index in [4.69, 9.17) is 4.74 Å². The van der Waals surface area contributed by atoms with Gasteiger partial charge in [0.25, 0.3) is 5.82 Å². The maximum absolute atomic E-state index is 5.82. The fourth-order valence-corrected chi connectivity index (χ4v) is 2.26. The molecule has 0 saturated heterocycles. The first-order valence-electron chi connectivity index (χ1n) is 7.52. The van der Waals surface area contributed by atoms with Crippen LogP contribution in [0, 0.1) is 0 Å². The van der Waals surface area contributed by atoms with Crippen molar-refractivity contribution in [2.45, 2.75) is 6.61 Å². The first-order valence-corrected chi connectivity index (χ1v) is 7.52. The number of nitrogens with one attached hydrogen (secondary N) is 2. The number of rotatable bonds is 5. The summed E-state index contributed by atoms with van der Waals surface area (Å²) in [4.78, 5) is 4.20. The Kier molecular flexibility index (Phi) is 4.56. The molecule has 1 aliphatic rings. The maximum Gasteiger partial charge on any atom is 0.294 e. The molecule has 0 amide bonds. The number of aliphatic imine (C=N–C) groups is 1. The van der Waals surface area contributed by atoms with Crippen LogP contribution in [-0.2, 0) is 20.7 Å². The van der Waals surface area contributed by atoms with Crippen molar-refractivity contribution in [1.82, 2.24) is 15.3 Å². The monoisotopic (exact) mass is 313 g/mol. The lowest BCUT2D eigenvalue weighted by atomic mass is 10.2. The minimum atomic E-state index is 0.528. The van der Waals surface area contributed by atoms with Crippen molar-refractivity contribution in [2.24, 2.45) is 24.2 Å². The van der Waals surface area contributed by atoms with Crippen LogP contribution in [0.5, 0.6) is 5.75 Å². The lowest BCUT2D eigenvalue weighted by molar-refractivity contribution is -0.680. The molecule has 0 bridgehead atoms. The molecule has 3 rings (SSSR count). The minimum Gasteiger partial charge on any atom is -0.481 e. The van der Waals surface area contributed by atoms with Crippen molar-refractivity contribution in [3.63, 3.8) is 0 Å². The third kappa shape index (κ3) is 3.88. The lowest BCUT2D eigenvalue weighted by Gasteiger charge is -2.05. The molecule has 0 saturated carbocycles.